The van der Waals surface area contributed by atoms with E-state index in [0.717, 1.165) is 14.5 Å². The first kappa shape index (κ1) is 21.0. The average Bonchev–Trinajstić information content (AvgIpc) is 2.71. The van der Waals surface area contributed by atoms with Gasteiger partial charge >= 0.3 is 5.97 Å². The number of hydrogen-bond acceptors (Lipinski definition) is 4. The zero-order valence-corrected chi connectivity index (χ0v) is 18.3. The van der Waals surface area contributed by atoms with Crippen LogP contribution < -0.4 is 10.2 Å². The van der Waals surface area contributed by atoms with Crippen LogP contribution in [0.25, 0.3) is 0 Å². The summed E-state index contributed by atoms with van der Waals surface area (Å²) in [5.74, 6) is -0.388. The quantitative estimate of drug-likeness (QED) is 0.214. The van der Waals surface area contributed by atoms with Crippen LogP contribution >= 0.6 is 31.9 Å². The number of carbonyl (C=O) groups excluding carboxylic acids is 2. The van der Waals surface area contributed by atoms with E-state index in [4.69, 9.17) is 4.74 Å². The molecule has 0 aliphatic heterocycles. The highest BCUT2D eigenvalue weighted by Gasteiger charge is 2.11. The SMILES string of the molecule is O=C(Cc1ccccc1)N/N=C\c1cc(Br)ccc1OC(=O)c1ccc(Br)cc1. The minimum Gasteiger partial charge on any atom is -0.422 e. The highest BCUT2D eigenvalue weighted by Crippen LogP contribution is 2.23. The molecule has 0 radical (unpaired) electrons. The number of rotatable bonds is 6. The number of ether oxygens (including phenoxy) is 1. The molecule has 7 heteroatoms. The summed E-state index contributed by atoms with van der Waals surface area (Å²) in [6.07, 6.45) is 1.67. The van der Waals surface area contributed by atoms with Crippen molar-refractivity contribution in [1.29, 1.82) is 0 Å². The van der Waals surface area contributed by atoms with Gasteiger partial charge in [0.05, 0.1) is 18.2 Å². The molecule has 0 bridgehead atoms. The molecule has 0 aliphatic carbocycles. The van der Waals surface area contributed by atoms with Gasteiger partial charge in [0.25, 0.3) is 0 Å². The van der Waals surface area contributed by atoms with Gasteiger partial charge in [-0.25, -0.2) is 10.2 Å². The largest absolute Gasteiger partial charge is 0.422 e. The van der Waals surface area contributed by atoms with Crippen molar-refractivity contribution in [2.24, 2.45) is 5.10 Å². The summed E-state index contributed by atoms with van der Waals surface area (Å²) in [6.45, 7) is 0. The number of benzene rings is 3. The molecule has 0 saturated carbocycles. The van der Waals surface area contributed by atoms with Gasteiger partial charge < -0.3 is 4.74 Å². The van der Waals surface area contributed by atoms with E-state index in [1.807, 2.05) is 30.3 Å². The molecule has 0 saturated heterocycles. The van der Waals surface area contributed by atoms with Crippen molar-refractivity contribution in [1.82, 2.24) is 5.43 Å². The van der Waals surface area contributed by atoms with Crippen LogP contribution in [0.3, 0.4) is 0 Å². The molecule has 0 heterocycles. The molecular weight excluding hydrogens is 500 g/mol. The van der Waals surface area contributed by atoms with Gasteiger partial charge in [-0.3, -0.25) is 4.79 Å². The fourth-order valence-corrected chi connectivity index (χ4v) is 3.10. The van der Waals surface area contributed by atoms with Crippen molar-refractivity contribution < 1.29 is 14.3 Å². The minimum atomic E-state index is -0.484. The second kappa shape index (κ2) is 10.1. The lowest BCUT2D eigenvalue weighted by atomic mass is 10.1. The second-order valence-corrected chi connectivity index (χ2v) is 7.87. The van der Waals surface area contributed by atoms with Crippen LogP contribution in [0.2, 0.25) is 0 Å². The number of nitrogens with zero attached hydrogens (tertiary/aromatic N) is 1. The first-order chi connectivity index (χ1) is 14.0. The Labute approximate surface area is 185 Å². The molecule has 29 heavy (non-hydrogen) atoms. The zero-order valence-electron chi connectivity index (χ0n) is 15.1. The predicted octanol–water partition coefficient (Wildman–Crippen LogP) is 5.12. The smallest absolute Gasteiger partial charge is 0.343 e. The summed E-state index contributed by atoms with van der Waals surface area (Å²) in [5, 5.41) is 3.99. The number of nitrogens with one attached hydrogen (secondary N) is 1. The Bertz CT molecular complexity index is 1040. The Morgan fingerprint density at radius 2 is 1.62 bits per heavy atom. The van der Waals surface area contributed by atoms with E-state index >= 15 is 0 Å². The summed E-state index contributed by atoms with van der Waals surface area (Å²) in [4.78, 5) is 24.4. The van der Waals surface area contributed by atoms with Crippen molar-refractivity contribution in [3.63, 3.8) is 0 Å². The minimum absolute atomic E-state index is 0.224. The van der Waals surface area contributed by atoms with Crippen LogP contribution in [0.5, 0.6) is 5.75 Å². The Morgan fingerprint density at radius 3 is 2.34 bits per heavy atom. The average molecular weight is 516 g/mol. The third-order valence-electron chi connectivity index (χ3n) is 3.85. The molecule has 146 valence electrons. The Balaban J connectivity index is 1.68. The van der Waals surface area contributed by atoms with E-state index in [1.54, 1.807) is 42.5 Å². The maximum absolute atomic E-state index is 12.4. The molecule has 0 fully saturated rings. The van der Waals surface area contributed by atoms with E-state index in [2.05, 4.69) is 42.4 Å². The Hall–Kier alpha value is -2.77. The van der Waals surface area contributed by atoms with E-state index in [-0.39, 0.29) is 12.3 Å². The van der Waals surface area contributed by atoms with E-state index in [0.29, 0.717) is 16.9 Å². The monoisotopic (exact) mass is 514 g/mol. The number of esters is 1. The molecule has 3 rings (SSSR count). The first-order valence-electron chi connectivity index (χ1n) is 8.64. The van der Waals surface area contributed by atoms with Crippen LogP contribution in [-0.2, 0) is 11.2 Å². The number of hydrazone groups is 1. The lowest BCUT2D eigenvalue weighted by Crippen LogP contribution is -2.19. The second-order valence-electron chi connectivity index (χ2n) is 6.03. The predicted molar refractivity (Wildman–Crippen MR) is 119 cm³/mol. The number of hydrogen-bond donors (Lipinski definition) is 1. The van der Waals surface area contributed by atoms with Gasteiger partial charge in [0.1, 0.15) is 5.75 Å². The summed E-state index contributed by atoms with van der Waals surface area (Å²) in [5.41, 5.74) is 4.35. The fraction of sp³-hybridized carbons (Fsp3) is 0.0455. The van der Waals surface area contributed by atoms with Crippen LogP contribution in [0.15, 0.2) is 86.8 Å². The fourth-order valence-electron chi connectivity index (χ4n) is 2.45. The van der Waals surface area contributed by atoms with Gasteiger partial charge in [-0.15, -0.1) is 0 Å². The standard InChI is InChI=1S/C22H16Br2N2O3/c23-18-8-6-16(7-9-18)22(28)29-20-11-10-19(24)13-17(20)14-25-26-21(27)12-15-4-2-1-3-5-15/h1-11,13-14H,12H2,(H,26,27)/b25-14-. The molecule has 3 aromatic rings. The third-order valence-corrected chi connectivity index (χ3v) is 4.88. The van der Waals surface area contributed by atoms with Gasteiger partial charge in [-0.1, -0.05) is 62.2 Å². The maximum Gasteiger partial charge on any atom is 0.343 e. The third kappa shape index (κ3) is 6.37. The van der Waals surface area contributed by atoms with Crippen molar-refractivity contribution in [2.45, 2.75) is 6.42 Å². The van der Waals surface area contributed by atoms with Crippen molar-refractivity contribution in [3.05, 3.63) is 98.4 Å². The van der Waals surface area contributed by atoms with Crippen molar-refractivity contribution in [2.75, 3.05) is 0 Å². The summed E-state index contributed by atoms with van der Waals surface area (Å²) in [6, 6.07) is 21.4. The first-order valence-corrected chi connectivity index (χ1v) is 10.2. The van der Waals surface area contributed by atoms with Crippen LogP contribution in [0, 0.1) is 0 Å². The lowest BCUT2D eigenvalue weighted by Gasteiger charge is -2.08. The van der Waals surface area contributed by atoms with E-state index in [1.165, 1.54) is 6.21 Å². The maximum atomic E-state index is 12.4. The zero-order chi connectivity index (χ0) is 20.6. The van der Waals surface area contributed by atoms with Gasteiger partial charge in [-0.05, 0) is 48.0 Å². The lowest BCUT2D eigenvalue weighted by molar-refractivity contribution is -0.120. The highest BCUT2D eigenvalue weighted by atomic mass is 79.9. The molecule has 0 atom stereocenters. The molecule has 0 aromatic heterocycles. The molecule has 1 amide bonds. The Morgan fingerprint density at radius 1 is 0.931 bits per heavy atom. The molecule has 3 aromatic carbocycles. The van der Waals surface area contributed by atoms with Crippen LogP contribution in [-0.4, -0.2) is 18.1 Å². The molecule has 0 unspecified atom stereocenters. The van der Waals surface area contributed by atoms with E-state index in [9.17, 15) is 9.59 Å². The highest BCUT2D eigenvalue weighted by molar-refractivity contribution is 9.10. The van der Waals surface area contributed by atoms with Gasteiger partial charge in [0, 0.05) is 14.5 Å². The van der Waals surface area contributed by atoms with Gasteiger partial charge in [0.15, 0.2) is 0 Å². The number of carbonyl (C=O) groups is 2. The summed E-state index contributed by atoms with van der Waals surface area (Å²) in [7, 11) is 0. The molecule has 0 spiro atoms. The summed E-state index contributed by atoms with van der Waals surface area (Å²) >= 11 is 6.72. The molecular formula is C22H16Br2N2O3. The van der Waals surface area contributed by atoms with Gasteiger partial charge in [0.2, 0.25) is 5.91 Å². The Kier molecular flexibility index (Phi) is 7.32. The van der Waals surface area contributed by atoms with Crippen LogP contribution in [0.4, 0.5) is 0 Å². The van der Waals surface area contributed by atoms with E-state index < -0.39 is 5.97 Å². The van der Waals surface area contributed by atoms with Crippen molar-refractivity contribution in [3.8, 4) is 5.75 Å². The number of halogens is 2. The topological polar surface area (TPSA) is 67.8 Å². The summed E-state index contributed by atoms with van der Waals surface area (Å²) < 4.78 is 7.16. The normalized spacial score (nSPS) is 10.7. The van der Waals surface area contributed by atoms with Crippen molar-refractivity contribution >= 4 is 50.0 Å². The molecule has 5 nitrogen and oxygen atoms in total. The molecule has 0 aliphatic rings. The van der Waals surface area contributed by atoms with Gasteiger partial charge in [-0.2, -0.15) is 5.10 Å². The van der Waals surface area contributed by atoms with Crippen LogP contribution in [0.1, 0.15) is 21.5 Å². The molecule has 1 N–H and O–H groups in total. The number of amides is 1.